The number of carbonyl (C=O) groups is 2. The van der Waals surface area contributed by atoms with Gasteiger partial charge in [0.15, 0.2) is 0 Å². The summed E-state index contributed by atoms with van der Waals surface area (Å²) in [6.07, 6.45) is 2.13. The molecule has 5 nitrogen and oxygen atoms in total. The molecule has 108 valence electrons. The molecule has 0 spiro atoms. The van der Waals surface area contributed by atoms with Crippen LogP contribution in [-0.2, 0) is 4.79 Å². The van der Waals surface area contributed by atoms with Crippen molar-refractivity contribution in [3.63, 3.8) is 0 Å². The second-order valence-electron chi connectivity index (χ2n) is 5.06. The number of hydrogen-bond acceptors (Lipinski definition) is 3. The van der Waals surface area contributed by atoms with Gasteiger partial charge in [-0.05, 0) is 25.3 Å². The van der Waals surface area contributed by atoms with E-state index in [4.69, 9.17) is 5.26 Å². The van der Waals surface area contributed by atoms with E-state index in [9.17, 15) is 18.4 Å². The van der Waals surface area contributed by atoms with Gasteiger partial charge in [-0.1, -0.05) is 0 Å². The number of amides is 3. The molecule has 1 aromatic rings. The fourth-order valence-electron chi connectivity index (χ4n) is 2.80. The van der Waals surface area contributed by atoms with E-state index in [-0.39, 0.29) is 0 Å². The van der Waals surface area contributed by atoms with Crippen molar-refractivity contribution in [2.75, 3.05) is 11.4 Å². The Balaban J connectivity index is 2.05. The molecule has 2 aliphatic heterocycles. The van der Waals surface area contributed by atoms with Gasteiger partial charge < -0.3 is 4.90 Å². The number of fused-ring (bicyclic) bond motifs is 1. The highest BCUT2D eigenvalue weighted by Crippen LogP contribution is 2.32. The van der Waals surface area contributed by atoms with Gasteiger partial charge in [-0.3, -0.25) is 4.79 Å². The van der Waals surface area contributed by atoms with Crippen molar-refractivity contribution in [2.24, 2.45) is 0 Å². The number of anilines is 1. The number of rotatable bonds is 1. The fourth-order valence-corrected chi connectivity index (χ4v) is 2.80. The Morgan fingerprint density at radius 1 is 1.19 bits per heavy atom. The summed E-state index contributed by atoms with van der Waals surface area (Å²) in [6, 6.07) is 1.71. The number of piperidine rings is 1. The summed E-state index contributed by atoms with van der Waals surface area (Å²) < 4.78 is 27.7. The molecule has 0 bridgehead atoms. The van der Waals surface area contributed by atoms with E-state index in [1.807, 2.05) is 0 Å². The Bertz CT molecular complexity index is 660. The van der Waals surface area contributed by atoms with Gasteiger partial charge in [0, 0.05) is 12.6 Å². The lowest BCUT2D eigenvalue weighted by molar-refractivity contribution is -0.120. The SMILES string of the molecule is N#Cc1cc(F)c(N2C(=O)C3CCCCN3C2=O)cc1F. The largest absolute Gasteiger partial charge is 0.332 e. The molecule has 2 aliphatic rings. The van der Waals surface area contributed by atoms with Crippen molar-refractivity contribution in [3.8, 4) is 6.07 Å². The third-order valence-corrected chi connectivity index (χ3v) is 3.84. The summed E-state index contributed by atoms with van der Waals surface area (Å²) in [5.74, 6) is -2.46. The lowest BCUT2D eigenvalue weighted by atomic mass is 10.0. The molecule has 2 fully saturated rings. The van der Waals surface area contributed by atoms with Crippen LogP contribution in [0.25, 0.3) is 0 Å². The van der Waals surface area contributed by atoms with E-state index in [1.165, 1.54) is 11.0 Å². The van der Waals surface area contributed by atoms with Crippen molar-refractivity contribution in [3.05, 3.63) is 29.3 Å². The first-order valence-corrected chi connectivity index (χ1v) is 6.58. The summed E-state index contributed by atoms with van der Waals surface area (Å²) >= 11 is 0. The summed E-state index contributed by atoms with van der Waals surface area (Å²) in [5, 5.41) is 8.66. The molecule has 21 heavy (non-hydrogen) atoms. The molecular formula is C14H11F2N3O2. The van der Waals surface area contributed by atoms with E-state index in [0.717, 1.165) is 18.9 Å². The number of halogens is 2. The van der Waals surface area contributed by atoms with Crippen LogP contribution < -0.4 is 4.90 Å². The van der Waals surface area contributed by atoms with Gasteiger partial charge in [-0.25, -0.2) is 18.5 Å². The van der Waals surface area contributed by atoms with Crippen LogP contribution in [0.4, 0.5) is 19.3 Å². The number of carbonyl (C=O) groups excluding carboxylic acids is 2. The Hall–Kier alpha value is -2.49. The van der Waals surface area contributed by atoms with Gasteiger partial charge in [0.1, 0.15) is 23.7 Å². The van der Waals surface area contributed by atoms with Gasteiger partial charge in [0.05, 0.1) is 11.3 Å². The zero-order chi connectivity index (χ0) is 15.1. The lowest BCUT2D eigenvalue weighted by Crippen LogP contribution is -2.39. The van der Waals surface area contributed by atoms with E-state index in [1.54, 1.807) is 0 Å². The van der Waals surface area contributed by atoms with Crippen LogP contribution in [0.15, 0.2) is 12.1 Å². The molecule has 1 atom stereocenters. The van der Waals surface area contributed by atoms with Crippen molar-refractivity contribution in [1.82, 2.24) is 4.90 Å². The van der Waals surface area contributed by atoms with E-state index in [0.29, 0.717) is 23.9 Å². The molecule has 3 rings (SSSR count). The molecule has 7 heteroatoms. The molecule has 0 radical (unpaired) electrons. The van der Waals surface area contributed by atoms with E-state index >= 15 is 0 Å². The number of nitrogens with zero attached hydrogens (tertiary/aromatic N) is 3. The molecule has 2 heterocycles. The van der Waals surface area contributed by atoms with Crippen LogP contribution in [0.3, 0.4) is 0 Å². The van der Waals surface area contributed by atoms with Gasteiger partial charge in [0.25, 0.3) is 5.91 Å². The standard InChI is InChI=1S/C14H11F2N3O2/c15-9-6-12(10(16)5-8(9)7-17)19-13(20)11-3-1-2-4-18(11)14(19)21/h5-6,11H,1-4H2. The number of hydrogen-bond donors (Lipinski definition) is 0. The summed E-state index contributed by atoms with van der Waals surface area (Å²) in [5.41, 5.74) is -0.899. The number of urea groups is 1. The van der Waals surface area contributed by atoms with Crippen LogP contribution >= 0.6 is 0 Å². The van der Waals surface area contributed by atoms with Gasteiger partial charge in [0.2, 0.25) is 0 Å². The summed E-state index contributed by atoms with van der Waals surface area (Å²) in [7, 11) is 0. The van der Waals surface area contributed by atoms with Crippen LogP contribution in [0.5, 0.6) is 0 Å². The topological polar surface area (TPSA) is 64.4 Å². The lowest BCUT2D eigenvalue weighted by Gasteiger charge is -2.25. The second-order valence-corrected chi connectivity index (χ2v) is 5.06. The molecule has 1 unspecified atom stereocenters. The average molecular weight is 291 g/mol. The van der Waals surface area contributed by atoms with Crippen molar-refractivity contribution < 1.29 is 18.4 Å². The smallest absolute Gasteiger partial charge is 0.312 e. The first kappa shape index (κ1) is 13.5. The zero-order valence-corrected chi connectivity index (χ0v) is 11.0. The van der Waals surface area contributed by atoms with Crippen molar-refractivity contribution in [2.45, 2.75) is 25.3 Å². The molecule has 0 aromatic heterocycles. The molecule has 0 N–H and O–H groups in total. The summed E-state index contributed by atoms with van der Waals surface area (Å²) in [4.78, 5) is 26.6. The number of imide groups is 1. The second kappa shape index (κ2) is 4.81. The molecular weight excluding hydrogens is 280 g/mol. The van der Waals surface area contributed by atoms with Gasteiger partial charge >= 0.3 is 6.03 Å². The van der Waals surface area contributed by atoms with Gasteiger partial charge in [-0.15, -0.1) is 0 Å². The third-order valence-electron chi connectivity index (χ3n) is 3.84. The molecule has 0 saturated carbocycles. The normalized spacial score (nSPS) is 21.5. The zero-order valence-electron chi connectivity index (χ0n) is 11.0. The van der Waals surface area contributed by atoms with Gasteiger partial charge in [-0.2, -0.15) is 5.26 Å². The fraction of sp³-hybridized carbons (Fsp3) is 0.357. The van der Waals surface area contributed by atoms with Crippen molar-refractivity contribution in [1.29, 1.82) is 5.26 Å². The Labute approximate surface area is 119 Å². The summed E-state index contributed by atoms with van der Waals surface area (Å²) in [6.45, 7) is 0.437. The first-order chi connectivity index (χ1) is 10.0. The van der Waals surface area contributed by atoms with E-state index in [2.05, 4.69) is 0 Å². The highest BCUT2D eigenvalue weighted by Gasteiger charge is 2.47. The van der Waals surface area contributed by atoms with Crippen LogP contribution in [0.1, 0.15) is 24.8 Å². The Kier molecular flexibility index (Phi) is 3.09. The van der Waals surface area contributed by atoms with Crippen LogP contribution in [-0.4, -0.2) is 29.4 Å². The highest BCUT2D eigenvalue weighted by atomic mass is 19.1. The van der Waals surface area contributed by atoms with E-state index < -0.39 is 40.9 Å². The Morgan fingerprint density at radius 2 is 1.95 bits per heavy atom. The Morgan fingerprint density at radius 3 is 2.62 bits per heavy atom. The first-order valence-electron chi connectivity index (χ1n) is 6.58. The minimum Gasteiger partial charge on any atom is -0.312 e. The highest BCUT2D eigenvalue weighted by molar-refractivity contribution is 6.21. The molecule has 1 aromatic carbocycles. The predicted octanol–water partition coefficient (Wildman–Crippen LogP) is 2.16. The maximum atomic E-state index is 14.0. The molecule has 3 amide bonds. The minimum atomic E-state index is -0.963. The van der Waals surface area contributed by atoms with Crippen LogP contribution in [0.2, 0.25) is 0 Å². The third kappa shape index (κ3) is 1.95. The number of benzene rings is 1. The molecule has 2 saturated heterocycles. The van der Waals surface area contributed by atoms with Crippen LogP contribution in [0, 0.1) is 23.0 Å². The predicted molar refractivity (Wildman–Crippen MR) is 68.3 cm³/mol. The minimum absolute atomic E-state index is 0.434. The number of nitriles is 1. The monoisotopic (exact) mass is 291 g/mol. The maximum absolute atomic E-state index is 14.0. The average Bonchev–Trinajstić information content (AvgIpc) is 2.74. The quantitative estimate of drug-likeness (QED) is 0.745. The molecule has 0 aliphatic carbocycles. The maximum Gasteiger partial charge on any atom is 0.332 e. The van der Waals surface area contributed by atoms with Crippen molar-refractivity contribution >= 4 is 17.6 Å².